The quantitative estimate of drug-likeness (QED) is 0.855. The van der Waals surface area contributed by atoms with Crippen LogP contribution in [0.25, 0.3) is 10.1 Å². The highest BCUT2D eigenvalue weighted by Gasteiger charge is 2.14. The lowest BCUT2D eigenvalue weighted by atomic mass is 10.1. The summed E-state index contributed by atoms with van der Waals surface area (Å²) < 4.78 is 1.38. The van der Waals surface area contributed by atoms with Crippen LogP contribution in [0.3, 0.4) is 0 Å². The molecule has 1 aliphatic heterocycles. The van der Waals surface area contributed by atoms with E-state index >= 15 is 0 Å². The van der Waals surface area contributed by atoms with Gasteiger partial charge in [-0.15, -0.1) is 11.3 Å². The van der Waals surface area contributed by atoms with Crippen LogP contribution in [0, 0.1) is 0 Å². The SMILES string of the molecule is c1ccc2c(NC3CCSCC3)csc2c1. The van der Waals surface area contributed by atoms with E-state index in [0.29, 0.717) is 6.04 Å². The molecule has 0 amide bonds. The van der Waals surface area contributed by atoms with Gasteiger partial charge in [0.2, 0.25) is 0 Å². The zero-order valence-corrected chi connectivity index (χ0v) is 10.7. The maximum Gasteiger partial charge on any atom is 0.0531 e. The van der Waals surface area contributed by atoms with E-state index in [4.69, 9.17) is 0 Å². The predicted molar refractivity (Wildman–Crippen MR) is 75.8 cm³/mol. The maximum atomic E-state index is 3.70. The van der Waals surface area contributed by atoms with E-state index in [1.54, 1.807) is 0 Å². The van der Waals surface area contributed by atoms with E-state index in [-0.39, 0.29) is 0 Å². The molecule has 1 nitrogen and oxygen atoms in total. The molecule has 1 saturated heterocycles. The zero-order chi connectivity index (χ0) is 10.8. The van der Waals surface area contributed by atoms with Crippen molar-refractivity contribution in [1.82, 2.24) is 0 Å². The van der Waals surface area contributed by atoms with Gasteiger partial charge in [0.25, 0.3) is 0 Å². The molecule has 0 spiro atoms. The van der Waals surface area contributed by atoms with Crippen molar-refractivity contribution in [3.63, 3.8) is 0 Å². The summed E-state index contributed by atoms with van der Waals surface area (Å²) in [5.41, 5.74) is 1.33. The van der Waals surface area contributed by atoms with Crippen molar-refractivity contribution >= 4 is 38.9 Å². The number of fused-ring (bicyclic) bond motifs is 1. The number of rotatable bonds is 2. The van der Waals surface area contributed by atoms with Gasteiger partial charge in [-0.05, 0) is 30.4 Å². The number of benzene rings is 1. The molecule has 1 N–H and O–H groups in total. The van der Waals surface area contributed by atoms with E-state index in [1.165, 1.54) is 40.1 Å². The number of hydrogen-bond acceptors (Lipinski definition) is 3. The van der Waals surface area contributed by atoms with Gasteiger partial charge in [0, 0.05) is 21.5 Å². The van der Waals surface area contributed by atoms with E-state index in [9.17, 15) is 0 Å². The minimum absolute atomic E-state index is 0.680. The van der Waals surface area contributed by atoms with Gasteiger partial charge in [-0.2, -0.15) is 11.8 Å². The maximum absolute atomic E-state index is 3.70. The average Bonchev–Trinajstić information content (AvgIpc) is 2.74. The molecular weight excluding hydrogens is 234 g/mol. The van der Waals surface area contributed by atoms with Crippen LogP contribution in [0.4, 0.5) is 5.69 Å². The van der Waals surface area contributed by atoms with Gasteiger partial charge in [-0.25, -0.2) is 0 Å². The van der Waals surface area contributed by atoms with Crippen molar-refractivity contribution in [2.75, 3.05) is 16.8 Å². The Hall–Kier alpha value is -0.670. The molecule has 1 fully saturated rings. The topological polar surface area (TPSA) is 12.0 Å². The van der Waals surface area contributed by atoms with Crippen molar-refractivity contribution in [3.8, 4) is 0 Å². The van der Waals surface area contributed by atoms with E-state index in [1.807, 2.05) is 11.3 Å². The first-order valence-electron chi connectivity index (χ1n) is 5.74. The molecule has 1 aromatic heterocycles. The average molecular weight is 249 g/mol. The Morgan fingerprint density at radius 2 is 1.94 bits per heavy atom. The Balaban J connectivity index is 1.83. The van der Waals surface area contributed by atoms with Gasteiger partial charge in [0.1, 0.15) is 0 Å². The first kappa shape index (κ1) is 10.5. The summed E-state index contributed by atoms with van der Waals surface area (Å²) in [6, 6.07) is 9.32. The van der Waals surface area contributed by atoms with Gasteiger partial charge >= 0.3 is 0 Å². The van der Waals surface area contributed by atoms with Crippen molar-refractivity contribution < 1.29 is 0 Å². The minimum atomic E-state index is 0.680. The highest BCUT2D eigenvalue weighted by Crippen LogP contribution is 2.31. The van der Waals surface area contributed by atoms with Crippen LogP contribution in [-0.2, 0) is 0 Å². The second-order valence-electron chi connectivity index (χ2n) is 4.18. The van der Waals surface area contributed by atoms with E-state index < -0.39 is 0 Å². The molecule has 1 aromatic carbocycles. The van der Waals surface area contributed by atoms with Crippen molar-refractivity contribution in [1.29, 1.82) is 0 Å². The summed E-state index contributed by atoms with van der Waals surface area (Å²) in [5.74, 6) is 2.61. The molecule has 0 radical (unpaired) electrons. The Kier molecular flexibility index (Phi) is 3.06. The van der Waals surface area contributed by atoms with Crippen molar-refractivity contribution in [3.05, 3.63) is 29.6 Å². The summed E-state index contributed by atoms with van der Waals surface area (Å²) >= 11 is 3.91. The lowest BCUT2D eigenvalue weighted by Gasteiger charge is -2.23. The molecule has 16 heavy (non-hydrogen) atoms. The van der Waals surface area contributed by atoms with Crippen molar-refractivity contribution in [2.45, 2.75) is 18.9 Å². The summed E-state index contributed by atoms with van der Waals surface area (Å²) in [4.78, 5) is 0. The summed E-state index contributed by atoms with van der Waals surface area (Å²) in [6.45, 7) is 0. The van der Waals surface area contributed by atoms with Gasteiger partial charge in [0.15, 0.2) is 0 Å². The number of thiophene rings is 1. The molecule has 1 aliphatic rings. The fourth-order valence-electron chi connectivity index (χ4n) is 2.15. The standard InChI is InChI=1S/C13H15NS2/c1-2-4-13-11(3-1)12(9-16-13)14-10-5-7-15-8-6-10/h1-4,9-10,14H,5-8H2. The molecule has 0 atom stereocenters. The molecule has 0 aliphatic carbocycles. The van der Waals surface area contributed by atoms with Gasteiger partial charge in [-0.1, -0.05) is 18.2 Å². The highest BCUT2D eigenvalue weighted by molar-refractivity contribution is 7.99. The Labute approximate surface area is 104 Å². The Bertz CT molecular complexity index is 471. The fourth-order valence-corrected chi connectivity index (χ4v) is 4.16. The zero-order valence-electron chi connectivity index (χ0n) is 9.11. The summed E-state index contributed by atoms with van der Waals surface area (Å²) in [5, 5.41) is 7.34. The third-order valence-electron chi connectivity index (χ3n) is 3.06. The lowest BCUT2D eigenvalue weighted by molar-refractivity contribution is 0.668. The minimum Gasteiger partial charge on any atom is -0.381 e. The Morgan fingerprint density at radius 3 is 2.81 bits per heavy atom. The van der Waals surface area contributed by atoms with Gasteiger partial charge < -0.3 is 5.32 Å². The predicted octanol–water partition coefficient (Wildman–Crippen LogP) is 4.21. The monoisotopic (exact) mass is 249 g/mol. The van der Waals surface area contributed by atoms with Gasteiger partial charge in [-0.3, -0.25) is 0 Å². The van der Waals surface area contributed by atoms with Crippen LogP contribution in [0.5, 0.6) is 0 Å². The number of thioether (sulfide) groups is 1. The van der Waals surface area contributed by atoms with Crippen LogP contribution in [0.1, 0.15) is 12.8 Å². The lowest BCUT2D eigenvalue weighted by Crippen LogP contribution is -2.24. The molecular formula is C13H15NS2. The highest BCUT2D eigenvalue weighted by atomic mass is 32.2. The van der Waals surface area contributed by atoms with E-state index in [2.05, 4.69) is 46.7 Å². The first-order valence-corrected chi connectivity index (χ1v) is 7.77. The second-order valence-corrected chi connectivity index (χ2v) is 6.31. The first-order chi connectivity index (χ1) is 7.93. The molecule has 2 heterocycles. The smallest absolute Gasteiger partial charge is 0.0531 e. The third-order valence-corrected chi connectivity index (χ3v) is 5.07. The summed E-state index contributed by atoms with van der Waals surface area (Å²) in [7, 11) is 0. The van der Waals surface area contributed by atoms with Crippen LogP contribution in [0.2, 0.25) is 0 Å². The number of nitrogens with one attached hydrogen (secondary N) is 1. The largest absolute Gasteiger partial charge is 0.381 e. The third kappa shape index (κ3) is 2.06. The van der Waals surface area contributed by atoms with Gasteiger partial charge in [0.05, 0.1) is 5.69 Å². The van der Waals surface area contributed by atoms with Crippen molar-refractivity contribution in [2.24, 2.45) is 0 Å². The molecule has 84 valence electrons. The number of hydrogen-bond donors (Lipinski definition) is 1. The Morgan fingerprint density at radius 1 is 1.12 bits per heavy atom. The summed E-state index contributed by atoms with van der Waals surface area (Å²) in [6.07, 6.45) is 2.60. The second kappa shape index (κ2) is 4.68. The molecule has 0 saturated carbocycles. The van der Waals surface area contributed by atoms with Crippen LogP contribution in [0.15, 0.2) is 29.6 Å². The molecule has 3 rings (SSSR count). The fraction of sp³-hybridized carbons (Fsp3) is 0.385. The van der Waals surface area contributed by atoms with Crippen LogP contribution in [-0.4, -0.2) is 17.5 Å². The normalized spacial score (nSPS) is 17.8. The molecule has 0 bridgehead atoms. The van der Waals surface area contributed by atoms with Crippen LogP contribution >= 0.6 is 23.1 Å². The molecule has 2 aromatic rings. The molecule has 0 unspecified atom stereocenters. The number of anilines is 1. The van der Waals surface area contributed by atoms with Crippen LogP contribution < -0.4 is 5.32 Å². The molecule has 3 heteroatoms. The van der Waals surface area contributed by atoms with E-state index in [0.717, 1.165) is 0 Å².